The van der Waals surface area contributed by atoms with Gasteiger partial charge in [0.2, 0.25) is 0 Å². The number of nitrogens with zero attached hydrogens (tertiary/aromatic N) is 3. The summed E-state index contributed by atoms with van der Waals surface area (Å²) in [6.45, 7) is 16.3. The molecule has 9 nitrogen and oxygen atoms in total. The second-order valence-corrected chi connectivity index (χ2v) is 19.1. The van der Waals surface area contributed by atoms with Crippen LogP contribution in [-0.4, -0.2) is 103 Å². The van der Waals surface area contributed by atoms with Gasteiger partial charge in [-0.2, -0.15) is 0 Å². The van der Waals surface area contributed by atoms with Gasteiger partial charge in [0.15, 0.2) is 8.32 Å². The maximum absolute atomic E-state index is 9.89. The summed E-state index contributed by atoms with van der Waals surface area (Å²) in [5.74, 6) is -0.453. The van der Waals surface area contributed by atoms with E-state index in [0.29, 0.717) is 23.2 Å². The first-order chi connectivity index (χ1) is 21.7. The monoisotopic (exact) mass is 764 g/mol. The van der Waals surface area contributed by atoms with Crippen molar-refractivity contribution in [3.8, 4) is 0 Å². The van der Waals surface area contributed by atoms with Crippen LogP contribution in [0, 0.1) is 0 Å². The molecule has 270 valence electrons. The van der Waals surface area contributed by atoms with Crippen LogP contribution in [0.5, 0.6) is 0 Å². The topological polar surface area (TPSA) is 131 Å². The molecule has 2 aromatic rings. The molecule has 0 saturated carbocycles. The van der Waals surface area contributed by atoms with Crippen LogP contribution in [0.25, 0.3) is 11.1 Å². The summed E-state index contributed by atoms with van der Waals surface area (Å²) < 4.78 is 6.29. The highest BCUT2D eigenvalue weighted by Gasteiger charge is 2.37. The molecule has 2 aromatic heterocycles. The lowest BCUT2D eigenvalue weighted by atomic mass is 9.83. The first-order valence-corrected chi connectivity index (χ1v) is 19.7. The Labute approximate surface area is 310 Å². The molecule has 0 bridgehead atoms. The molecule has 0 spiro atoms. The van der Waals surface area contributed by atoms with E-state index in [1.807, 2.05) is 10.9 Å². The van der Waals surface area contributed by atoms with Gasteiger partial charge < -0.3 is 34.9 Å². The average Bonchev–Trinajstić information content (AvgIpc) is 3.02. The van der Waals surface area contributed by atoms with Gasteiger partial charge in [-0.3, -0.25) is 9.97 Å². The zero-order valence-electron chi connectivity index (χ0n) is 28.9. The van der Waals surface area contributed by atoms with Crippen LogP contribution >= 0.6 is 48.0 Å². The summed E-state index contributed by atoms with van der Waals surface area (Å²) in [4.78, 5) is 11.0. The number of hydrogen-bond donors (Lipinski definition) is 5. The first-order valence-electron chi connectivity index (χ1n) is 16.0. The number of pyridine rings is 2. The van der Waals surface area contributed by atoms with Gasteiger partial charge >= 0.3 is 7.05 Å². The van der Waals surface area contributed by atoms with Crippen LogP contribution in [0.3, 0.4) is 0 Å². The maximum atomic E-state index is 9.89. The lowest BCUT2D eigenvalue weighted by molar-refractivity contribution is 0.192. The zero-order chi connectivity index (χ0) is 34.1. The molecule has 0 aliphatic carbocycles. The van der Waals surface area contributed by atoms with Crippen molar-refractivity contribution >= 4 is 74.5 Å². The Morgan fingerprint density at radius 2 is 1.44 bits per heavy atom. The molecule has 48 heavy (non-hydrogen) atoms. The van der Waals surface area contributed by atoms with Gasteiger partial charge in [0.05, 0.1) is 41.3 Å². The van der Waals surface area contributed by atoms with Crippen molar-refractivity contribution < 1.29 is 24.8 Å². The van der Waals surface area contributed by atoms with Crippen LogP contribution in [0.4, 0.5) is 0 Å². The first kappa shape index (κ1) is 45.0. The number of halogens is 4. The van der Waals surface area contributed by atoms with Gasteiger partial charge in [-0.1, -0.05) is 56.1 Å². The van der Waals surface area contributed by atoms with Gasteiger partial charge in [0, 0.05) is 43.9 Å². The van der Waals surface area contributed by atoms with Crippen molar-refractivity contribution in [3.05, 3.63) is 69.2 Å². The van der Waals surface area contributed by atoms with Gasteiger partial charge in [-0.05, 0) is 85.3 Å². The van der Waals surface area contributed by atoms with Crippen LogP contribution < -0.4 is 5.32 Å². The van der Waals surface area contributed by atoms with Crippen molar-refractivity contribution in [2.75, 3.05) is 52.6 Å². The van der Waals surface area contributed by atoms with E-state index in [1.165, 1.54) is 0 Å². The van der Waals surface area contributed by atoms with E-state index in [2.05, 4.69) is 61.3 Å². The Morgan fingerprint density at radius 1 is 0.917 bits per heavy atom. The van der Waals surface area contributed by atoms with Crippen LogP contribution in [-0.2, 0) is 4.43 Å². The molecule has 0 fully saturated rings. The number of rotatable bonds is 11. The Morgan fingerprint density at radius 3 is 1.83 bits per heavy atom. The Balaban J connectivity index is 0.000000500. The van der Waals surface area contributed by atoms with Crippen molar-refractivity contribution in [3.63, 3.8) is 0 Å². The molecule has 0 amide bonds. The van der Waals surface area contributed by atoms with Crippen LogP contribution in [0.1, 0.15) is 68.0 Å². The van der Waals surface area contributed by atoms with Crippen molar-refractivity contribution in [2.45, 2.75) is 70.4 Å². The van der Waals surface area contributed by atoms with E-state index < -0.39 is 15.4 Å². The molecule has 2 aliphatic rings. The highest BCUT2D eigenvalue weighted by atomic mass is 35.5. The van der Waals surface area contributed by atoms with Gasteiger partial charge in [0.25, 0.3) is 0 Å². The minimum absolute atomic E-state index is 0. The van der Waals surface area contributed by atoms with E-state index in [0.717, 1.165) is 66.1 Å². The molecule has 2 aliphatic heterocycles. The summed E-state index contributed by atoms with van der Waals surface area (Å²) in [6.07, 6.45) is 9.37. The number of aromatic nitrogens is 2. The van der Waals surface area contributed by atoms with E-state index in [-0.39, 0.29) is 61.5 Å². The summed E-state index contributed by atoms with van der Waals surface area (Å²) >= 11 is 12.8. The van der Waals surface area contributed by atoms with Crippen molar-refractivity contribution in [1.29, 1.82) is 0 Å². The lowest BCUT2D eigenvalue weighted by Gasteiger charge is -2.37. The molecule has 1 atom stereocenters. The Kier molecular flexibility index (Phi) is 19.4. The highest BCUT2D eigenvalue weighted by molar-refractivity contribution is 6.74. The van der Waals surface area contributed by atoms with Gasteiger partial charge in [-0.15, -0.1) is 24.8 Å². The largest absolute Gasteiger partial charge is 0.437 e. The van der Waals surface area contributed by atoms with Crippen LogP contribution in [0.15, 0.2) is 36.7 Å². The maximum Gasteiger partial charge on any atom is 0.376 e. The van der Waals surface area contributed by atoms with Gasteiger partial charge in [-0.25, -0.2) is 0 Å². The zero-order valence-corrected chi connectivity index (χ0v) is 33.0. The molecule has 0 aromatic carbocycles. The Bertz CT molecular complexity index is 1360. The molecule has 0 radical (unpaired) electrons. The fourth-order valence-electron chi connectivity index (χ4n) is 4.95. The third-order valence-corrected chi connectivity index (χ3v) is 14.3. The smallest absolute Gasteiger partial charge is 0.376 e. The minimum Gasteiger partial charge on any atom is -0.437 e. The number of nitrogens with one attached hydrogen (secondary N) is 1. The number of hydrogen-bond acceptors (Lipinski definition) is 9. The SMILES string of the molecule is CB(O)N1CC=C(c2ncc(C(CO)CO[Si](C)(C)C(C)(C)C)cc2Cl)CC1.Cl.Cl.OCC(CO)c1cnc(C2=CCNCC2)c(Cl)c1. The third-order valence-electron chi connectivity index (χ3n) is 9.22. The molecule has 1 unspecified atom stereocenters. The van der Waals surface area contributed by atoms with Crippen molar-refractivity contribution in [2.24, 2.45) is 0 Å². The third kappa shape index (κ3) is 12.3. The number of aliphatic hydroxyl groups excluding tert-OH is 3. The highest BCUT2D eigenvalue weighted by Crippen LogP contribution is 2.38. The van der Waals surface area contributed by atoms with Crippen LogP contribution in [0.2, 0.25) is 35.0 Å². The second-order valence-electron chi connectivity index (χ2n) is 13.5. The molecule has 0 saturated heterocycles. The summed E-state index contributed by atoms with van der Waals surface area (Å²) in [5, 5.41) is 42.4. The summed E-state index contributed by atoms with van der Waals surface area (Å²) in [5.41, 5.74) is 5.51. The van der Waals surface area contributed by atoms with Crippen molar-refractivity contribution in [1.82, 2.24) is 20.1 Å². The molecule has 4 rings (SSSR count). The predicted molar refractivity (Wildman–Crippen MR) is 206 cm³/mol. The second kappa shape index (κ2) is 20.7. The quantitative estimate of drug-likeness (QED) is 0.174. The summed E-state index contributed by atoms with van der Waals surface area (Å²) in [6, 6.07) is 3.69. The molecule has 5 N–H and O–H groups in total. The Hall–Kier alpha value is -1.06. The van der Waals surface area contributed by atoms with E-state index in [9.17, 15) is 10.1 Å². The predicted octanol–water partition coefficient (Wildman–Crippen LogP) is 6.06. The molecular formula is C33H53BCl4N4O5Si. The lowest BCUT2D eigenvalue weighted by Crippen LogP contribution is -2.42. The summed E-state index contributed by atoms with van der Waals surface area (Å²) in [7, 11) is -2.33. The van der Waals surface area contributed by atoms with Gasteiger partial charge in [0.1, 0.15) is 0 Å². The van der Waals surface area contributed by atoms with E-state index >= 15 is 0 Å². The average molecular weight is 767 g/mol. The molecule has 4 heterocycles. The molecular weight excluding hydrogens is 713 g/mol. The fraction of sp³-hybridized carbons (Fsp3) is 0.576. The number of aliphatic hydroxyl groups is 3. The normalized spacial score (nSPS) is 16.1. The standard InChI is InChI=1S/C20H34BClN2O3Si.C13H17ClN2O2.2ClH/c1-20(2,3)28(5,6)27-14-17(13-25)16-11-18(22)19(23-12-16)15-7-9-24(10-8-15)21(4)26;14-12-5-10(11(7-17)8-18)6-16-13(12)9-1-3-15-4-2-9;;/h7,11-12,17,25-26H,8-10,13-14H2,1-6H3;1,5-6,11,15,17-18H,2-4,7-8H2;2*1H. The van der Waals surface area contributed by atoms with E-state index in [1.54, 1.807) is 25.3 Å². The fourth-order valence-corrected chi connectivity index (χ4v) is 6.59. The molecule has 15 heteroatoms. The minimum atomic E-state index is -1.88. The van der Waals surface area contributed by atoms with E-state index in [4.69, 9.17) is 37.8 Å².